The van der Waals surface area contributed by atoms with Crippen molar-refractivity contribution in [2.75, 3.05) is 5.32 Å². The highest BCUT2D eigenvalue weighted by Gasteiger charge is 2.28. The molecule has 1 heterocycles. The number of carbonyl (C=O) groups excluding carboxylic acids is 1. The maximum atomic E-state index is 11.8. The molecule has 2 N–H and O–H groups in total. The van der Waals surface area contributed by atoms with Gasteiger partial charge in [-0.15, -0.1) is 11.3 Å². The average molecular weight is 282 g/mol. The highest BCUT2D eigenvalue weighted by molar-refractivity contribution is 7.14. The van der Waals surface area contributed by atoms with Gasteiger partial charge in [0, 0.05) is 6.04 Å². The van der Waals surface area contributed by atoms with Crippen molar-refractivity contribution in [3.05, 3.63) is 17.5 Å². The maximum Gasteiger partial charge on any atom is 0.320 e. The monoisotopic (exact) mass is 282 g/mol. The Morgan fingerprint density at radius 1 is 1.32 bits per heavy atom. The molecule has 0 radical (unpaired) electrons. The van der Waals surface area contributed by atoms with E-state index in [1.165, 1.54) is 12.8 Å². The molecular weight excluding hydrogens is 256 g/mol. The van der Waals surface area contributed by atoms with Gasteiger partial charge in [-0.25, -0.2) is 4.79 Å². The second-order valence-electron chi connectivity index (χ2n) is 4.95. The van der Waals surface area contributed by atoms with Crippen LogP contribution in [0, 0.1) is 11.8 Å². The summed E-state index contributed by atoms with van der Waals surface area (Å²) in [6, 6.07) is 4.10. The van der Waals surface area contributed by atoms with Crippen molar-refractivity contribution in [2.45, 2.75) is 53.0 Å². The summed E-state index contributed by atoms with van der Waals surface area (Å²) in [5, 5.41) is 8.83. The summed E-state index contributed by atoms with van der Waals surface area (Å²) in [4.78, 5) is 11.8. The van der Waals surface area contributed by atoms with Crippen LogP contribution in [0.4, 0.5) is 9.80 Å². The van der Waals surface area contributed by atoms with Crippen LogP contribution in [0.15, 0.2) is 17.5 Å². The summed E-state index contributed by atoms with van der Waals surface area (Å²) in [5.74, 6) is 1.27. The number of rotatable bonds is 2. The molecule has 2 amide bonds. The van der Waals surface area contributed by atoms with Gasteiger partial charge in [-0.1, -0.05) is 40.5 Å². The third kappa shape index (κ3) is 4.86. The quantitative estimate of drug-likeness (QED) is 0.809. The lowest BCUT2D eigenvalue weighted by molar-refractivity contribution is 0.201. The van der Waals surface area contributed by atoms with E-state index in [9.17, 15) is 4.79 Å². The molecule has 3 unspecified atom stereocenters. The second-order valence-corrected chi connectivity index (χ2v) is 5.90. The van der Waals surface area contributed by atoms with Crippen LogP contribution >= 0.6 is 11.3 Å². The largest absolute Gasteiger partial charge is 0.335 e. The number of anilines is 1. The summed E-state index contributed by atoms with van der Waals surface area (Å²) in [6.07, 6.45) is 3.60. The van der Waals surface area contributed by atoms with Crippen molar-refractivity contribution in [2.24, 2.45) is 11.8 Å². The van der Waals surface area contributed by atoms with E-state index in [0.717, 1.165) is 11.4 Å². The number of hydrogen-bond acceptors (Lipinski definition) is 2. The van der Waals surface area contributed by atoms with Gasteiger partial charge in [0.15, 0.2) is 0 Å². The Kier molecular flexibility index (Phi) is 6.92. The molecule has 0 bridgehead atoms. The Morgan fingerprint density at radius 2 is 2.05 bits per heavy atom. The van der Waals surface area contributed by atoms with Crippen molar-refractivity contribution in [3.63, 3.8) is 0 Å². The molecule has 2 rings (SSSR count). The highest BCUT2D eigenvalue weighted by Crippen LogP contribution is 2.29. The minimum Gasteiger partial charge on any atom is -0.335 e. The Balaban J connectivity index is 0.000000861. The van der Waals surface area contributed by atoms with Gasteiger partial charge in [0.05, 0.1) is 5.00 Å². The lowest BCUT2D eigenvalue weighted by Crippen LogP contribution is -2.45. The zero-order valence-electron chi connectivity index (χ0n) is 12.4. The van der Waals surface area contributed by atoms with Crippen molar-refractivity contribution < 1.29 is 4.79 Å². The standard InChI is InChI=1S/C13H20N2OS.C2H6/c1-9-5-3-6-11(10(9)2)14-13(16)15-12-7-4-8-17-12;1-2/h4,7-11H,3,5-6H2,1-2H3,(H2,14,15,16);1-2H3. The van der Waals surface area contributed by atoms with E-state index >= 15 is 0 Å². The molecule has 4 heteroatoms. The van der Waals surface area contributed by atoms with Gasteiger partial charge in [0.2, 0.25) is 0 Å². The lowest BCUT2D eigenvalue weighted by atomic mass is 9.78. The summed E-state index contributed by atoms with van der Waals surface area (Å²) in [6.45, 7) is 8.51. The number of amides is 2. The van der Waals surface area contributed by atoms with Gasteiger partial charge in [-0.3, -0.25) is 5.32 Å². The summed E-state index contributed by atoms with van der Waals surface area (Å²) >= 11 is 1.54. The molecule has 0 aromatic carbocycles. The molecule has 3 atom stereocenters. The molecule has 108 valence electrons. The van der Waals surface area contributed by atoms with Crippen molar-refractivity contribution in [1.29, 1.82) is 0 Å². The van der Waals surface area contributed by atoms with Gasteiger partial charge >= 0.3 is 6.03 Å². The van der Waals surface area contributed by atoms with Crippen LogP contribution < -0.4 is 10.6 Å². The van der Waals surface area contributed by atoms with Gasteiger partial charge in [-0.2, -0.15) is 0 Å². The van der Waals surface area contributed by atoms with Crippen LogP contribution in [-0.2, 0) is 0 Å². The fraction of sp³-hybridized carbons (Fsp3) is 0.667. The molecule has 1 aliphatic carbocycles. The highest BCUT2D eigenvalue weighted by atomic mass is 32.1. The minimum absolute atomic E-state index is 0.0709. The molecule has 1 aromatic heterocycles. The number of carbonyl (C=O) groups is 1. The lowest BCUT2D eigenvalue weighted by Gasteiger charge is -2.34. The van der Waals surface area contributed by atoms with Gasteiger partial charge in [0.25, 0.3) is 0 Å². The van der Waals surface area contributed by atoms with Crippen LogP contribution in [0.3, 0.4) is 0 Å². The van der Waals surface area contributed by atoms with Crippen LogP contribution in [0.2, 0.25) is 0 Å². The third-order valence-electron chi connectivity index (χ3n) is 3.78. The molecule has 1 aromatic rings. The van der Waals surface area contributed by atoms with Crippen molar-refractivity contribution in [1.82, 2.24) is 5.32 Å². The van der Waals surface area contributed by atoms with Gasteiger partial charge < -0.3 is 5.32 Å². The Morgan fingerprint density at radius 3 is 2.68 bits per heavy atom. The Hall–Kier alpha value is -1.03. The number of urea groups is 1. The molecule has 1 aliphatic rings. The van der Waals surface area contributed by atoms with Crippen molar-refractivity contribution in [3.8, 4) is 0 Å². The SMILES string of the molecule is CC.CC1CCCC(NC(=O)Nc2cccs2)C1C. The van der Waals surface area contributed by atoms with Crippen LogP contribution in [0.1, 0.15) is 47.0 Å². The van der Waals surface area contributed by atoms with Crippen LogP contribution in [-0.4, -0.2) is 12.1 Å². The molecule has 1 fully saturated rings. The maximum absolute atomic E-state index is 11.8. The molecule has 0 aliphatic heterocycles. The summed E-state index contributed by atoms with van der Waals surface area (Å²) in [5.41, 5.74) is 0. The van der Waals surface area contributed by atoms with E-state index in [2.05, 4.69) is 24.5 Å². The van der Waals surface area contributed by atoms with Crippen LogP contribution in [0.5, 0.6) is 0 Å². The zero-order valence-corrected chi connectivity index (χ0v) is 13.2. The molecule has 0 spiro atoms. The topological polar surface area (TPSA) is 41.1 Å². The van der Waals surface area contributed by atoms with Crippen molar-refractivity contribution >= 4 is 22.4 Å². The number of hydrogen-bond donors (Lipinski definition) is 2. The van der Waals surface area contributed by atoms with E-state index in [1.807, 2.05) is 31.4 Å². The fourth-order valence-electron chi connectivity index (χ4n) is 2.45. The first-order valence-corrected chi connectivity index (χ1v) is 8.16. The zero-order chi connectivity index (χ0) is 14.3. The van der Waals surface area contributed by atoms with E-state index in [4.69, 9.17) is 0 Å². The number of thiophene rings is 1. The average Bonchev–Trinajstić information content (AvgIpc) is 2.90. The fourth-order valence-corrected chi connectivity index (χ4v) is 3.06. The molecule has 0 saturated heterocycles. The number of nitrogens with one attached hydrogen (secondary N) is 2. The summed E-state index contributed by atoms with van der Waals surface area (Å²) < 4.78 is 0. The van der Waals surface area contributed by atoms with E-state index in [-0.39, 0.29) is 6.03 Å². The van der Waals surface area contributed by atoms with Crippen LogP contribution in [0.25, 0.3) is 0 Å². The predicted octanol–water partition coefficient (Wildman–Crippen LogP) is 4.72. The van der Waals surface area contributed by atoms with E-state index < -0.39 is 0 Å². The molecule has 1 saturated carbocycles. The second kappa shape index (κ2) is 8.20. The summed E-state index contributed by atoms with van der Waals surface area (Å²) in [7, 11) is 0. The Labute approximate surface area is 120 Å². The van der Waals surface area contributed by atoms with Gasteiger partial charge in [-0.05, 0) is 35.8 Å². The minimum atomic E-state index is -0.0709. The van der Waals surface area contributed by atoms with E-state index in [0.29, 0.717) is 17.9 Å². The first-order valence-electron chi connectivity index (χ1n) is 7.28. The molecular formula is C15H26N2OS. The predicted molar refractivity (Wildman–Crippen MR) is 83.8 cm³/mol. The van der Waals surface area contributed by atoms with E-state index in [1.54, 1.807) is 11.3 Å². The first kappa shape index (κ1) is 16.0. The molecule has 19 heavy (non-hydrogen) atoms. The first-order chi connectivity index (χ1) is 9.16. The Bertz CT molecular complexity index is 364. The molecule has 3 nitrogen and oxygen atoms in total. The normalized spacial score (nSPS) is 26.0. The smallest absolute Gasteiger partial charge is 0.320 e. The third-order valence-corrected chi connectivity index (χ3v) is 4.57. The van der Waals surface area contributed by atoms with Gasteiger partial charge in [0.1, 0.15) is 0 Å².